The van der Waals surface area contributed by atoms with Crippen LogP contribution in [0.2, 0.25) is 0 Å². The number of aromatic amines is 1. The number of fused-ring (bicyclic) bond motifs is 3. The zero-order valence-corrected chi connectivity index (χ0v) is 14.8. The Labute approximate surface area is 147 Å². The summed E-state index contributed by atoms with van der Waals surface area (Å²) in [6.45, 7) is 1.92. The van der Waals surface area contributed by atoms with E-state index in [2.05, 4.69) is 16.9 Å². The number of aryl methyl sites for hydroxylation is 2. The van der Waals surface area contributed by atoms with Crippen LogP contribution in [-0.4, -0.2) is 35.9 Å². The maximum Gasteiger partial charge on any atom is 0.250 e. The van der Waals surface area contributed by atoms with Gasteiger partial charge in [0, 0.05) is 29.1 Å². The molecule has 2 heterocycles. The maximum absolute atomic E-state index is 15.2. The molecule has 0 bridgehead atoms. The van der Waals surface area contributed by atoms with Crippen molar-refractivity contribution in [3.63, 3.8) is 0 Å². The first kappa shape index (κ1) is 16.6. The minimum absolute atomic E-state index is 0.173. The van der Waals surface area contributed by atoms with Gasteiger partial charge in [-0.25, -0.2) is 4.39 Å². The van der Waals surface area contributed by atoms with Gasteiger partial charge in [0.15, 0.2) is 0 Å². The largest absolute Gasteiger partial charge is 0.366 e. The average Bonchev–Trinajstić information content (AvgIpc) is 2.76. The fourth-order valence-electron chi connectivity index (χ4n) is 4.75. The number of likely N-dealkylation sites (N-methyl/N-ethyl adjacent to an activating group) is 1. The third kappa shape index (κ3) is 2.84. The lowest BCUT2D eigenvalue weighted by molar-refractivity contribution is 0.100. The molecule has 1 saturated heterocycles. The van der Waals surface area contributed by atoms with Gasteiger partial charge in [-0.1, -0.05) is 6.42 Å². The zero-order chi connectivity index (χ0) is 17.6. The molecular formula is C20H26FN3O. The number of primary amides is 1. The van der Waals surface area contributed by atoms with Crippen LogP contribution in [0.25, 0.3) is 10.9 Å². The summed E-state index contributed by atoms with van der Waals surface area (Å²) in [6.07, 6.45) is 7.44. The standard InChI is InChI=1S/C20H26FN3O/c1-24-9-5-6-12(11-24)17-15(21)10-14(20(22)25)19-18(17)13-7-3-2-4-8-16(13)23-19/h10,12,23H,2-9,11H2,1H3,(H2,22,25). The molecule has 1 amide bonds. The first-order valence-corrected chi connectivity index (χ1v) is 9.40. The van der Waals surface area contributed by atoms with Crippen LogP contribution in [0.15, 0.2) is 6.07 Å². The Morgan fingerprint density at radius 2 is 2.08 bits per heavy atom. The molecule has 1 aromatic heterocycles. The topological polar surface area (TPSA) is 62.1 Å². The summed E-state index contributed by atoms with van der Waals surface area (Å²) in [5.74, 6) is -0.661. The van der Waals surface area contributed by atoms with Crippen molar-refractivity contribution in [2.75, 3.05) is 20.1 Å². The average molecular weight is 343 g/mol. The van der Waals surface area contributed by atoms with Crippen molar-refractivity contribution in [2.24, 2.45) is 5.73 Å². The van der Waals surface area contributed by atoms with E-state index in [0.717, 1.165) is 68.1 Å². The van der Waals surface area contributed by atoms with Gasteiger partial charge in [-0.2, -0.15) is 0 Å². The minimum Gasteiger partial charge on any atom is -0.366 e. The molecule has 4 rings (SSSR count). The number of benzene rings is 1. The van der Waals surface area contributed by atoms with E-state index >= 15 is 4.39 Å². The van der Waals surface area contributed by atoms with E-state index in [0.29, 0.717) is 0 Å². The molecule has 1 aliphatic heterocycles. The quantitative estimate of drug-likeness (QED) is 0.820. The number of likely N-dealkylation sites (tertiary alicyclic amines) is 1. The number of nitrogens with two attached hydrogens (primary N) is 1. The lowest BCUT2D eigenvalue weighted by atomic mass is 9.85. The van der Waals surface area contributed by atoms with Crippen LogP contribution in [0.1, 0.15) is 65.2 Å². The number of nitrogens with one attached hydrogen (secondary N) is 1. The summed E-state index contributed by atoms with van der Waals surface area (Å²) in [5, 5.41) is 0.950. The number of carbonyl (C=O) groups is 1. The molecule has 4 nitrogen and oxygen atoms in total. The Balaban J connectivity index is 1.98. The van der Waals surface area contributed by atoms with E-state index in [1.165, 1.54) is 23.7 Å². The number of hydrogen-bond acceptors (Lipinski definition) is 2. The minimum atomic E-state index is -0.562. The Bertz CT molecular complexity index is 826. The Morgan fingerprint density at radius 3 is 2.84 bits per heavy atom. The van der Waals surface area contributed by atoms with E-state index in [-0.39, 0.29) is 17.3 Å². The first-order valence-electron chi connectivity index (χ1n) is 9.40. The number of nitrogens with zero attached hydrogens (tertiary/aromatic N) is 1. The molecule has 0 saturated carbocycles. The van der Waals surface area contributed by atoms with Crippen molar-refractivity contribution >= 4 is 16.8 Å². The molecule has 1 aliphatic carbocycles. The number of carbonyl (C=O) groups excluding carboxylic acids is 1. The van der Waals surface area contributed by atoms with Crippen molar-refractivity contribution in [1.82, 2.24) is 9.88 Å². The lowest BCUT2D eigenvalue weighted by Gasteiger charge is -2.31. The highest BCUT2D eigenvalue weighted by atomic mass is 19.1. The predicted octanol–water partition coefficient (Wildman–Crippen LogP) is 3.48. The van der Waals surface area contributed by atoms with Crippen molar-refractivity contribution in [3.05, 3.63) is 34.3 Å². The van der Waals surface area contributed by atoms with Gasteiger partial charge in [0.1, 0.15) is 5.82 Å². The fourth-order valence-corrected chi connectivity index (χ4v) is 4.75. The van der Waals surface area contributed by atoms with Crippen LogP contribution in [0.3, 0.4) is 0 Å². The van der Waals surface area contributed by atoms with Gasteiger partial charge in [0.05, 0.1) is 11.1 Å². The number of aromatic nitrogens is 1. The molecule has 3 N–H and O–H groups in total. The highest BCUT2D eigenvalue weighted by Gasteiger charge is 2.29. The van der Waals surface area contributed by atoms with Crippen molar-refractivity contribution in [1.29, 1.82) is 0 Å². The van der Waals surface area contributed by atoms with Crippen molar-refractivity contribution < 1.29 is 9.18 Å². The van der Waals surface area contributed by atoms with E-state index < -0.39 is 5.91 Å². The van der Waals surface area contributed by atoms with E-state index in [9.17, 15) is 4.79 Å². The highest BCUT2D eigenvalue weighted by molar-refractivity contribution is 6.07. The number of amides is 1. The van der Waals surface area contributed by atoms with E-state index in [1.54, 1.807) is 0 Å². The van der Waals surface area contributed by atoms with Crippen LogP contribution in [-0.2, 0) is 12.8 Å². The molecule has 25 heavy (non-hydrogen) atoms. The van der Waals surface area contributed by atoms with Gasteiger partial charge in [-0.05, 0) is 63.7 Å². The molecular weight excluding hydrogens is 317 g/mol. The van der Waals surface area contributed by atoms with Crippen LogP contribution in [0.4, 0.5) is 4.39 Å². The second kappa shape index (κ2) is 6.45. The predicted molar refractivity (Wildman–Crippen MR) is 97.5 cm³/mol. The van der Waals surface area contributed by atoms with Crippen molar-refractivity contribution in [2.45, 2.75) is 50.9 Å². The summed E-state index contributed by atoms with van der Waals surface area (Å²) in [5.41, 5.74) is 9.78. The van der Waals surface area contributed by atoms with Crippen LogP contribution in [0, 0.1) is 5.82 Å². The number of halogens is 1. The van der Waals surface area contributed by atoms with Gasteiger partial charge >= 0.3 is 0 Å². The molecule has 134 valence electrons. The summed E-state index contributed by atoms with van der Waals surface area (Å²) < 4.78 is 15.2. The Morgan fingerprint density at radius 1 is 1.28 bits per heavy atom. The third-order valence-corrected chi connectivity index (χ3v) is 5.91. The monoisotopic (exact) mass is 343 g/mol. The first-order chi connectivity index (χ1) is 12.1. The SMILES string of the molecule is CN1CCCC(c2c(F)cc(C(N)=O)c3[nH]c4c(c23)CCCCC4)C1. The van der Waals surface area contributed by atoms with Gasteiger partial charge in [-0.3, -0.25) is 4.79 Å². The number of hydrogen-bond donors (Lipinski definition) is 2. The maximum atomic E-state index is 15.2. The summed E-state index contributed by atoms with van der Waals surface area (Å²) >= 11 is 0. The zero-order valence-electron chi connectivity index (χ0n) is 14.8. The Kier molecular flexibility index (Phi) is 4.28. The third-order valence-electron chi connectivity index (χ3n) is 5.91. The highest BCUT2D eigenvalue weighted by Crippen LogP contribution is 2.39. The van der Waals surface area contributed by atoms with Gasteiger partial charge < -0.3 is 15.6 Å². The molecule has 1 aromatic carbocycles. The summed E-state index contributed by atoms with van der Waals surface area (Å²) in [4.78, 5) is 17.6. The van der Waals surface area contributed by atoms with E-state index in [4.69, 9.17) is 5.73 Å². The molecule has 1 atom stereocenters. The molecule has 0 radical (unpaired) electrons. The summed E-state index contributed by atoms with van der Waals surface area (Å²) in [7, 11) is 2.09. The van der Waals surface area contributed by atoms with E-state index in [1.807, 2.05) is 0 Å². The molecule has 2 aliphatic rings. The van der Waals surface area contributed by atoms with Crippen molar-refractivity contribution in [3.8, 4) is 0 Å². The molecule has 5 heteroatoms. The number of piperidine rings is 1. The molecule has 2 aromatic rings. The summed E-state index contributed by atoms with van der Waals surface area (Å²) in [6, 6.07) is 1.35. The van der Waals surface area contributed by atoms with Crippen LogP contribution in [0.5, 0.6) is 0 Å². The number of H-pyrrole nitrogens is 1. The van der Waals surface area contributed by atoms with Crippen LogP contribution < -0.4 is 5.73 Å². The number of rotatable bonds is 2. The van der Waals surface area contributed by atoms with Crippen LogP contribution >= 0.6 is 0 Å². The fraction of sp³-hybridized carbons (Fsp3) is 0.550. The van der Waals surface area contributed by atoms with Gasteiger partial charge in [0.2, 0.25) is 0 Å². The normalized spacial score (nSPS) is 21.9. The smallest absolute Gasteiger partial charge is 0.250 e. The second-order valence-corrected chi connectivity index (χ2v) is 7.68. The van der Waals surface area contributed by atoms with Gasteiger partial charge in [-0.15, -0.1) is 0 Å². The molecule has 1 unspecified atom stereocenters. The lowest BCUT2D eigenvalue weighted by Crippen LogP contribution is -2.31. The molecule has 1 fully saturated rings. The second-order valence-electron chi connectivity index (χ2n) is 7.68. The molecule has 0 spiro atoms. The van der Waals surface area contributed by atoms with Gasteiger partial charge in [0.25, 0.3) is 5.91 Å². The Hall–Kier alpha value is -1.88.